The van der Waals surface area contributed by atoms with Crippen molar-refractivity contribution in [2.75, 3.05) is 12.4 Å². The minimum atomic E-state index is -3.73. The molecule has 0 spiro atoms. The highest BCUT2D eigenvalue weighted by Crippen LogP contribution is 2.52. The molecule has 2 radical (unpaired) electrons. The number of carbonyl (C=O) groups is 2. The number of methoxy groups -OCH3 is 1. The lowest BCUT2D eigenvalue weighted by Gasteiger charge is -2.17. The molecule has 10 heteroatoms. The highest BCUT2D eigenvalue weighted by atomic mass is 19.3. The van der Waals surface area contributed by atoms with Crippen molar-refractivity contribution in [3.63, 3.8) is 0 Å². The van der Waals surface area contributed by atoms with Crippen molar-refractivity contribution >= 4 is 31.0 Å². The second-order valence-electron chi connectivity index (χ2n) is 8.56. The number of nitrogens with one attached hydrogen (secondary N) is 1. The molecule has 0 unspecified atom stereocenters. The number of hydrogen-bond acceptors (Lipinski definition) is 6. The average Bonchev–Trinajstić information content (AvgIpc) is 3.56. The fourth-order valence-electron chi connectivity index (χ4n) is 4.17. The molecular weight excluding hydrogens is 457 g/mol. The number of aromatic nitrogens is 1. The number of ether oxygens (including phenoxy) is 3. The predicted octanol–water partition coefficient (Wildman–Crippen LogP) is 3.63. The predicted molar refractivity (Wildman–Crippen MR) is 123 cm³/mol. The van der Waals surface area contributed by atoms with E-state index < -0.39 is 17.7 Å². The van der Waals surface area contributed by atoms with Gasteiger partial charge in [-0.15, -0.1) is 8.78 Å². The highest BCUT2D eigenvalue weighted by Gasteiger charge is 2.53. The number of carbonyl (C=O) groups excluding carboxylic acids is 2. The van der Waals surface area contributed by atoms with Crippen LogP contribution in [0.2, 0.25) is 0 Å². The van der Waals surface area contributed by atoms with Gasteiger partial charge in [0.05, 0.1) is 23.8 Å². The van der Waals surface area contributed by atoms with Gasteiger partial charge >= 0.3 is 12.3 Å². The summed E-state index contributed by atoms with van der Waals surface area (Å²) in [6.07, 6.45) is -2.63. The summed E-state index contributed by atoms with van der Waals surface area (Å²) in [5, 5.41) is 2.83. The molecule has 1 aliphatic heterocycles. The first-order valence-electron chi connectivity index (χ1n) is 10.8. The Morgan fingerprint density at radius 3 is 2.51 bits per heavy atom. The van der Waals surface area contributed by atoms with Gasteiger partial charge in [-0.3, -0.25) is 4.79 Å². The zero-order valence-electron chi connectivity index (χ0n) is 18.9. The number of halogens is 2. The van der Waals surface area contributed by atoms with Crippen LogP contribution < -0.4 is 20.3 Å². The Bertz CT molecular complexity index is 1370. The lowest BCUT2D eigenvalue weighted by Crippen LogP contribution is -2.28. The van der Waals surface area contributed by atoms with E-state index in [1.165, 1.54) is 25.3 Å². The summed E-state index contributed by atoms with van der Waals surface area (Å²) < 4.78 is 40.5. The van der Waals surface area contributed by atoms with Crippen LogP contribution in [0.4, 0.5) is 14.6 Å². The van der Waals surface area contributed by atoms with E-state index in [2.05, 4.69) is 19.8 Å². The fourth-order valence-corrected chi connectivity index (χ4v) is 4.17. The van der Waals surface area contributed by atoms with E-state index in [0.717, 1.165) is 5.56 Å². The van der Waals surface area contributed by atoms with Crippen molar-refractivity contribution in [3.8, 4) is 22.8 Å². The van der Waals surface area contributed by atoms with Gasteiger partial charge in [0.25, 0.3) is 0 Å². The van der Waals surface area contributed by atoms with Gasteiger partial charge in [-0.05, 0) is 55.2 Å². The smallest absolute Gasteiger partial charge is 0.465 e. The monoisotopic (exact) mass is 476 g/mol. The van der Waals surface area contributed by atoms with Gasteiger partial charge in [-0.2, -0.15) is 0 Å². The molecule has 176 valence electrons. The van der Waals surface area contributed by atoms with Gasteiger partial charge in [0.1, 0.15) is 13.7 Å². The van der Waals surface area contributed by atoms with Crippen molar-refractivity contribution in [2.24, 2.45) is 0 Å². The largest absolute Gasteiger partial charge is 0.586 e. The van der Waals surface area contributed by atoms with Crippen LogP contribution in [0.5, 0.6) is 11.5 Å². The van der Waals surface area contributed by atoms with Crippen LogP contribution in [-0.4, -0.2) is 38.1 Å². The van der Waals surface area contributed by atoms with E-state index >= 15 is 0 Å². The maximum atomic E-state index is 13.4. The molecule has 1 aromatic heterocycles. The first kappa shape index (κ1) is 22.8. The zero-order chi connectivity index (χ0) is 25.0. The Labute approximate surface area is 200 Å². The van der Waals surface area contributed by atoms with Gasteiger partial charge in [0, 0.05) is 5.56 Å². The van der Waals surface area contributed by atoms with Crippen LogP contribution >= 0.6 is 0 Å². The standard InChI is InChI=1S/C25H19BF2N2O5/c1-13-3-6-20(29-21(13)14-9-15(22(31)33-2)11-17(26)10-14)30-23(32)24(7-8-24)16-4-5-18-19(12-16)35-25(27,28)34-18/h3-6,9-12H,7-8H2,1-2H3,(H,29,30,32). The fraction of sp³-hybridized carbons (Fsp3) is 0.240. The van der Waals surface area contributed by atoms with Crippen molar-refractivity contribution in [1.82, 2.24) is 4.98 Å². The molecular formula is C25H19BF2N2O5. The van der Waals surface area contributed by atoms with Gasteiger partial charge < -0.3 is 19.5 Å². The van der Waals surface area contributed by atoms with Crippen molar-refractivity contribution in [2.45, 2.75) is 31.5 Å². The summed E-state index contributed by atoms with van der Waals surface area (Å²) >= 11 is 0. The number of fused-ring (bicyclic) bond motifs is 1. The number of alkyl halides is 2. The second kappa shape index (κ2) is 8.07. The first-order valence-corrected chi connectivity index (χ1v) is 10.8. The Kier molecular flexibility index (Phi) is 5.27. The maximum absolute atomic E-state index is 13.4. The SMILES string of the molecule is [B]c1cc(C(=O)OC)cc(-c2nc(NC(=O)C3(c4ccc5c(c4)OC(F)(F)O5)CC3)ccc2C)c1. The number of nitrogens with zero attached hydrogens (tertiary/aromatic N) is 1. The molecule has 2 aliphatic rings. The third-order valence-corrected chi connectivity index (χ3v) is 6.13. The van der Waals surface area contributed by atoms with Gasteiger partial charge in [-0.1, -0.05) is 29.7 Å². The van der Waals surface area contributed by atoms with Gasteiger partial charge in [-0.25, -0.2) is 9.78 Å². The van der Waals surface area contributed by atoms with E-state index in [0.29, 0.717) is 40.9 Å². The summed E-state index contributed by atoms with van der Waals surface area (Å²) in [4.78, 5) is 29.8. The Balaban J connectivity index is 1.41. The molecule has 0 atom stereocenters. The maximum Gasteiger partial charge on any atom is 0.586 e. The van der Waals surface area contributed by atoms with Crippen molar-refractivity contribution in [1.29, 1.82) is 0 Å². The van der Waals surface area contributed by atoms with Crippen LogP contribution in [0.15, 0.2) is 48.5 Å². The number of aryl methyl sites for hydroxylation is 1. The molecule has 0 saturated heterocycles. The van der Waals surface area contributed by atoms with E-state index in [1.54, 1.807) is 30.3 Å². The summed E-state index contributed by atoms with van der Waals surface area (Å²) in [7, 11) is 7.25. The first-order chi connectivity index (χ1) is 16.6. The summed E-state index contributed by atoms with van der Waals surface area (Å²) in [5.74, 6) is -0.721. The molecule has 1 N–H and O–H groups in total. The third kappa shape index (κ3) is 4.20. The minimum Gasteiger partial charge on any atom is -0.465 e. The van der Waals surface area contributed by atoms with Crippen molar-refractivity contribution < 1.29 is 32.6 Å². The molecule has 1 aliphatic carbocycles. The molecule has 2 heterocycles. The summed E-state index contributed by atoms with van der Waals surface area (Å²) in [6, 6.07) is 12.6. The summed E-state index contributed by atoms with van der Waals surface area (Å²) in [6.45, 7) is 1.85. The number of benzene rings is 2. The van der Waals surface area contributed by atoms with E-state index in [4.69, 9.17) is 12.6 Å². The molecule has 35 heavy (non-hydrogen) atoms. The Morgan fingerprint density at radius 1 is 1.06 bits per heavy atom. The lowest BCUT2D eigenvalue weighted by molar-refractivity contribution is -0.286. The molecule has 7 nitrogen and oxygen atoms in total. The quantitative estimate of drug-likeness (QED) is 0.447. The van der Waals surface area contributed by atoms with Crippen LogP contribution in [0, 0.1) is 6.92 Å². The number of hydrogen-bond donors (Lipinski definition) is 1. The number of esters is 1. The van der Waals surface area contributed by atoms with Crippen LogP contribution in [-0.2, 0) is 14.9 Å². The number of amides is 1. The molecule has 2 aromatic carbocycles. The zero-order valence-corrected chi connectivity index (χ0v) is 18.9. The van der Waals surface area contributed by atoms with Crippen molar-refractivity contribution in [3.05, 3.63) is 65.2 Å². The number of rotatable bonds is 5. The van der Waals surface area contributed by atoms with E-state index in [1.807, 2.05) is 6.92 Å². The Morgan fingerprint density at radius 2 is 1.80 bits per heavy atom. The molecule has 0 bridgehead atoms. The second-order valence-corrected chi connectivity index (χ2v) is 8.56. The lowest BCUT2D eigenvalue weighted by atomic mass is 9.90. The molecule has 1 fully saturated rings. The number of anilines is 1. The van der Waals surface area contributed by atoms with E-state index in [9.17, 15) is 18.4 Å². The third-order valence-electron chi connectivity index (χ3n) is 6.13. The minimum absolute atomic E-state index is 0.0757. The van der Waals surface area contributed by atoms with Gasteiger partial charge in [0.15, 0.2) is 11.5 Å². The number of pyridine rings is 1. The summed E-state index contributed by atoms with van der Waals surface area (Å²) in [5.41, 5.74) is 2.26. The molecule has 3 aromatic rings. The van der Waals surface area contributed by atoms with Gasteiger partial charge in [0.2, 0.25) is 5.91 Å². The van der Waals surface area contributed by atoms with E-state index in [-0.39, 0.29) is 23.0 Å². The van der Waals surface area contributed by atoms with Crippen LogP contribution in [0.3, 0.4) is 0 Å². The van der Waals surface area contributed by atoms with Crippen LogP contribution in [0.1, 0.15) is 34.3 Å². The molecule has 1 saturated carbocycles. The average molecular weight is 476 g/mol. The highest BCUT2D eigenvalue weighted by molar-refractivity contribution is 6.33. The topological polar surface area (TPSA) is 86.8 Å². The molecule has 5 rings (SSSR count). The normalized spacial score (nSPS) is 16.5. The molecule has 1 amide bonds. The van der Waals surface area contributed by atoms with Crippen LogP contribution in [0.25, 0.3) is 11.3 Å². The Hall–Kier alpha value is -3.95.